The van der Waals surface area contributed by atoms with Crippen LogP contribution in [-0.4, -0.2) is 4.98 Å². The monoisotopic (exact) mass is 258 g/mol. The van der Waals surface area contributed by atoms with Crippen molar-refractivity contribution in [3.63, 3.8) is 0 Å². The normalized spacial score (nSPS) is 10.1. The Morgan fingerprint density at radius 1 is 0.900 bits per heavy atom. The minimum absolute atomic E-state index is 0.588. The van der Waals surface area contributed by atoms with Crippen molar-refractivity contribution < 1.29 is 0 Å². The highest BCUT2D eigenvalue weighted by atomic mass is 14.8. The van der Waals surface area contributed by atoms with Gasteiger partial charge in [-0.15, -0.1) is 0 Å². The molecule has 4 nitrogen and oxygen atoms in total. The molecule has 0 bridgehead atoms. The highest BCUT2D eigenvalue weighted by molar-refractivity contribution is 6.00. The van der Waals surface area contributed by atoms with Gasteiger partial charge in [0.2, 0.25) is 0 Å². The second-order valence-electron chi connectivity index (χ2n) is 4.47. The van der Waals surface area contributed by atoms with Gasteiger partial charge in [0, 0.05) is 16.5 Å². The van der Waals surface area contributed by atoms with Crippen LogP contribution in [-0.2, 0) is 0 Å². The molecule has 20 heavy (non-hydrogen) atoms. The molecular formula is C16H10N4. The molecule has 3 N–H and O–H groups in total. The van der Waals surface area contributed by atoms with E-state index in [1.54, 1.807) is 24.3 Å². The molecule has 0 atom stereocenters. The molecule has 0 radical (unpaired) electrons. The standard InChI is InChI=1S/C16H10N4/c17-8-10-1-4-12(5-2-10)16-15(19)13-6-3-11(9-18)7-14(13)20-16/h1-7,20H,19H2. The molecule has 0 saturated heterocycles. The molecule has 3 aromatic rings. The molecule has 3 rings (SSSR count). The third kappa shape index (κ3) is 1.77. The molecule has 0 amide bonds. The lowest BCUT2D eigenvalue weighted by Gasteiger charge is -2.00. The van der Waals surface area contributed by atoms with Gasteiger partial charge in [0.1, 0.15) is 0 Å². The summed E-state index contributed by atoms with van der Waals surface area (Å²) in [5.41, 5.74) is 10.5. The van der Waals surface area contributed by atoms with E-state index >= 15 is 0 Å². The topological polar surface area (TPSA) is 89.4 Å². The fraction of sp³-hybridized carbons (Fsp3) is 0. The summed E-state index contributed by atoms with van der Waals surface area (Å²) in [6.07, 6.45) is 0. The first-order valence-corrected chi connectivity index (χ1v) is 6.05. The summed E-state index contributed by atoms with van der Waals surface area (Å²) >= 11 is 0. The van der Waals surface area contributed by atoms with Crippen LogP contribution in [0.25, 0.3) is 22.2 Å². The van der Waals surface area contributed by atoms with Crippen molar-refractivity contribution >= 4 is 16.6 Å². The van der Waals surface area contributed by atoms with Crippen LogP contribution < -0.4 is 5.73 Å². The molecule has 2 aromatic carbocycles. The van der Waals surface area contributed by atoms with Gasteiger partial charge in [-0.1, -0.05) is 12.1 Å². The summed E-state index contributed by atoms with van der Waals surface area (Å²) in [4.78, 5) is 3.23. The van der Waals surface area contributed by atoms with Crippen LogP contribution in [0.15, 0.2) is 42.5 Å². The molecule has 1 heterocycles. The molecule has 0 fully saturated rings. The summed E-state index contributed by atoms with van der Waals surface area (Å²) in [6, 6.07) is 16.8. The maximum absolute atomic E-state index is 8.92. The smallest absolute Gasteiger partial charge is 0.0992 e. The highest BCUT2D eigenvalue weighted by Crippen LogP contribution is 2.32. The Labute approximate surface area is 115 Å². The lowest BCUT2D eigenvalue weighted by molar-refractivity contribution is 1.43. The molecule has 0 aliphatic rings. The average molecular weight is 258 g/mol. The Bertz CT molecular complexity index is 874. The van der Waals surface area contributed by atoms with Crippen LogP contribution in [0.2, 0.25) is 0 Å². The quantitative estimate of drug-likeness (QED) is 0.702. The van der Waals surface area contributed by atoms with Crippen molar-refractivity contribution in [3.05, 3.63) is 53.6 Å². The SMILES string of the molecule is N#Cc1ccc(-c2[nH]c3cc(C#N)ccc3c2N)cc1. The van der Waals surface area contributed by atoms with Crippen molar-refractivity contribution in [1.82, 2.24) is 4.98 Å². The lowest BCUT2D eigenvalue weighted by Crippen LogP contribution is -1.87. The Morgan fingerprint density at radius 2 is 1.55 bits per heavy atom. The minimum atomic E-state index is 0.588. The predicted molar refractivity (Wildman–Crippen MR) is 77.6 cm³/mol. The van der Waals surface area contributed by atoms with Gasteiger partial charge >= 0.3 is 0 Å². The van der Waals surface area contributed by atoms with Gasteiger partial charge in [0.25, 0.3) is 0 Å². The number of nitrogen functional groups attached to an aromatic ring is 1. The van der Waals surface area contributed by atoms with E-state index < -0.39 is 0 Å². The molecule has 0 aliphatic heterocycles. The van der Waals surface area contributed by atoms with Crippen LogP contribution in [0, 0.1) is 22.7 Å². The fourth-order valence-electron chi connectivity index (χ4n) is 2.23. The third-order valence-corrected chi connectivity index (χ3v) is 3.27. The first-order valence-electron chi connectivity index (χ1n) is 6.05. The second-order valence-corrected chi connectivity index (χ2v) is 4.47. The second kappa shape index (κ2) is 4.46. The predicted octanol–water partition coefficient (Wildman–Crippen LogP) is 3.16. The number of nitrogens with one attached hydrogen (secondary N) is 1. The van der Waals surface area contributed by atoms with Gasteiger partial charge in [-0.05, 0) is 30.3 Å². The first-order chi connectivity index (χ1) is 9.72. The van der Waals surface area contributed by atoms with Gasteiger partial charge in [0.15, 0.2) is 0 Å². The third-order valence-electron chi connectivity index (χ3n) is 3.27. The average Bonchev–Trinajstić information content (AvgIpc) is 2.84. The van der Waals surface area contributed by atoms with E-state index in [1.807, 2.05) is 18.2 Å². The molecule has 0 saturated carbocycles. The van der Waals surface area contributed by atoms with E-state index in [0.29, 0.717) is 16.8 Å². The van der Waals surface area contributed by atoms with E-state index in [9.17, 15) is 0 Å². The van der Waals surface area contributed by atoms with Gasteiger partial charge in [-0.3, -0.25) is 0 Å². The number of hydrogen-bond acceptors (Lipinski definition) is 3. The van der Waals surface area contributed by atoms with E-state index in [2.05, 4.69) is 17.1 Å². The molecule has 94 valence electrons. The van der Waals surface area contributed by atoms with Crippen molar-refractivity contribution in [2.75, 3.05) is 5.73 Å². The highest BCUT2D eigenvalue weighted by Gasteiger charge is 2.10. The van der Waals surface area contributed by atoms with E-state index in [1.165, 1.54) is 0 Å². The zero-order valence-corrected chi connectivity index (χ0v) is 10.5. The Balaban J connectivity index is 2.18. The van der Waals surface area contributed by atoms with Crippen molar-refractivity contribution in [3.8, 4) is 23.4 Å². The Kier molecular flexibility index (Phi) is 2.64. The molecule has 1 aromatic heterocycles. The van der Waals surface area contributed by atoms with Crippen LogP contribution in [0.1, 0.15) is 11.1 Å². The number of anilines is 1. The van der Waals surface area contributed by atoms with Crippen molar-refractivity contribution in [2.45, 2.75) is 0 Å². The van der Waals surface area contributed by atoms with Crippen molar-refractivity contribution in [2.24, 2.45) is 0 Å². The van der Waals surface area contributed by atoms with E-state index in [0.717, 1.165) is 22.2 Å². The largest absolute Gasteiger partial charge is 0.396 e. The number of nitrogens with zero attached hydrogens (tertiary/aromatic N) is 2. The number of nitrogens with two attached hydrogens (primary N) is 1. The minimum Gasteiger partial charge on any atom is -0.396 e. The molecule has 0 spiro atoms. The maximum atomic E-state index is 8.92. The summed E-state index contributed by atoms with van der Waals surface area (Å²) in [6.45, 7) is 0. The fourth-order valence-corrected chi connectivity index (χ4v) is 2.23. The molecule has 0 unspecified atom stereocenters. The van der Waals surface area contributed by atoms with Gasteiger partial charge in [-0.25, -0.2) is 0 Å². The number of aromatic amines is 1. The Hall–Kier alpha value is -3.24. The van der Waals surface area contributed by atoms with Crippen molar-refractivity contribution in [1.29, 1.82) is 10.5 Å². The van der Waals surface area contributed by atoms with E-state index in [4.69, 9.17) is 16.3 Å². The maximum Gasteiger partial charge on any atom is 0.0992 e. The zero-order valence-electron chi connectivity index (χ0n) is 10.5. The van der Waals surface area contributed by atoms with Crippen LogP contribution in [0.5, 0.6) is 0 Å². The number of rotatable bonds is 1. The number of benzene rings is 2. The van der Waals surface area contributed by atoms with Gasteiger partial charge in [0.05, 0.1) is 34.6 Å². The van der Waals surface area contributed by atoms with Crippen LogP contribution in [0.3, 0.4) is 0 Å². The summed E-state index contributed by atoms with van der Waals surface area (Å²) in [5.74, 6) is 0. The number of aromatic nitrogens is 1. The van der Waals surface area contributed by atoms with Crippen LogP contribution in [0.4, 0.5) is 5.69 Å². The lowest BCUT2D eigenvalue weighted by atomic mass is 10.1. The number of H-pyrrole nitrogens is 1. The number of fused-ring (bicyclic) bond motifs is 1. The number of hydrogen-bond donors (Lipinski definition) is 2. The molecular weight excluding hydrogens is 248 g/mol. The van der Waals surface area contributed by atoms with Gasteiger partial charge in [-0.2, -0.15) is 10.5 Å². The van der Waals surface area contributed by atoms with Crippen LogP contribution >= 0.6 is 0 Å². The number of nitriles is 2. The Morgan fingerprint density at radius 3 is 2.20 bits per heavy atom. The van der Waals surface area contributed by atoms with E-state index in [-0.39, 0.29) is 0 Å². The zero-order chi connectivity index (χ0) is 14.1. The summed E-state index contributed by atoms with van der Waals surface area (Å²) < 4.78 is 0. The van der Waals surface area contributed by atoms with Gasteiger partial charge < -0.3 is 10.7 Å². The molecule has 0 aliphatic carbocycles. The summed E-state index contributed by atoms with van der Waals surface area (Å²) in [7, 11) is 0. The summed E-state index contributed by atoms with van der Waals surface area (Å²) in [5, 5.41) is 18.6. The first kappa shape index (κ1) is 11.8. The molecule has 4 heteroatoms.